The van der Waals surface area contributed by atoms with Gasteiger partial charge in [-0.05, 0) is 44.2 Å². The second kappa shape index (κ2) is 7.97. The average molecular weight is 306 g/mol. The molecule has 0 heterocycles. The van der Waals surface area contributed by atoms with Crippen LogP contribution in [0.1, 0.15) is 51.7 Å². The summed E-state index contributed by atoms with van der Waals surface area (Å²) in [5.41, 5.74) is 2.12. The van der Waals surface area contributed by atoms with E-state index in [1.807, 2.05) is 24.3 Å². The van der Waals surface area contributed by atoms with Crippen molar-refractivity contribution >= 4 is 11.9 Å². The molecular weight excluding hydrogens is 280 g/mol. The summed E-state index contributed by atoms with van der Waals surface area (Å²) in [5, 5.41) is 8.93. The molecule has 0 aliphatic rings. The van der Waals surface area contributed by atoms with Gasteiger partial charge in [0.15, 0.2) is 0 Å². The van der Waals surface area contributed by atoms with Crippen molar-refractivity contribution in [1.82, 2.24) is 0 Å². The number of benzene rings is 1. The summed E-state index contributed by atoms with van der Waals surface area (Å²) in [6, 6.07) is 7.94. The topological polar surface area (TPSA) is 63.6 Å². The fourth-order valence-corrected chi connectivity index (χ4v) is 2.14. The first-order valence-corrected chi connectivity index (χ1v) is 7.74. The molecular formula is C18H26O4. The molecule has 0 saturated heterocycles. The van der Waals surface area contributed by atoms with Crippen LogP contribution >= 0.6 is 0 Å². The third-order valence-electron chi connectivity index (χ3n) is 3.87. The van der Waals surface area contributed by atoms with E-state index in [0.29, 0.717) is 5.92 Å². The Morgan fingerprint density at radius 1 is 1.05 bits per heavy atom. The molecule has 0 aliphatic heterocycles. The van der Waals surface area contributed by atoms with E-state index in [-0.39, 0.29) is 0 Å². The Balaban J connectivity index is 2.68. The van der Waals surface area contributed by atoms with E-state index < -0.39 is 29.9 Å². The average Bonchev–Trinajstić information content (AvgIpc) is 2.45. The molecule has 22 heavy (non-hydrogen) atoms. The van der Waals surface area contributed by atoms with E-state index in [2.05, 4.69) is 13.8 Å². The zero-order valence-electron chi connectivity index (χ0n) is 14.0. The standard InChI is InChI=1S/C18H26O4/c1-11(2)10-15-6-8-16(9-7-15)13(4)18(21)22-14(5)12(3)17(19)20/h6-9,11-14H,10H2,1-5H3,(H,19,20)/t12-,13-,14+/m0/s1. The van der Waals surface area contributed by atoms with E-state index in [1.54, 1.807) is 13.8 Å². The van der Waals surface area contributed by atoms with Crippen molar-refractivity contribution < 1.29 is 19.4 Å². The molecule has 0 spiro atoms. The van der Waals surface area contributed by atoms with Gasteiger partial charge in [-0.3, -0.25) is 9.59 Å². The number of carbonyl (C=O) groups excluding carboxylic acids is 1. The zero-order chi connectivity index (χ0) is 16.9. The largest absolute Gasteiger partial charge is 0.481 e. The van der Waals surface area contributed by atoms with Crippen molar-refractivity contribution in [3.63, 3.8) is 0 Å². The number of carbonyl (C=O) groups is 2. The van der Waals surface area contributed by atoms with Crippen LogP contribution in [0, 0.1) is 11.8 Å². The van der Waals surface area contributed by atoms with Crippen molar-refractivity contribution in [3.05, 3.63) is 35.4 Å². The minimum Gasteiger partial charge on any atom is -0.481 e. The molecule has 3 atom stereocenters. The summed E-state index contributed by atoms with van der Waals surface area (Å²) in [6.07, 6.45) is 0.361. The Hall–Kier alpha value is -1.84. The Kier molecular flexibility index (Phi) is 6.60. The molecule has 0 saturated carbocycles. The maximum absolute atomic E-state index is 12.1. The lowest BCUT2D eigenvalue weighted by Crippen LogP contribution is -2.29. The van der Waals surface area contributed by atoms with E-state index in [1.165, 1.54) is 12.5 Å². The summed E-state index contributed by atoms with van der Waals surface area (Å²) in [5.74, 6) is -1.89. The Bertz CT molecular complexity index is 504. The van der Waals surface area contributed by atoms with Crippen LogP contribution in [0.15, 0.2) is 24.3 Å². The summed E-state index contributed by atoms with van der Waals surface area (Å²) in [7, 11) is 0. The highest BCUT2D eigenvalue weighted by molar-refractivity contribution is 5.78. The summed E-state index contributed by atoms with van der Waals surface area (Å²) >= 11 is 0. The molecule has 122 valence electrons. The van der Waals surface area contributed by atoms with Gasteiger partial charge < -0.3 is 9.84 Å². The number of esters is 1. The highest BCUT2D eigenvalue weighted by atomic mass is 16.5. The molecule has 0 aromatic heterocycles. The lowest BCUT2D eigenvalue weighted by Gasteiger charge is -2.20. The quantitative estimate of drug-likeness (QED) is 0.781. The van der Waals surface area contributed by atoms with Crippen LogP contribution in [0.4, 0.5) is 0 Å². The third kappa shape index (κ3) is 5.17. The van der Waals surface area contributed by atoms with Crippen LogP contribution < -0.4 is 0 Å². The second-order valence-electron chi connectivity index (χ2n) is 6.33. The van der Waals surface area contributed by atoms with Gasteiger partial charge in [0.2, 0.25) is 0 Å². The lowest BCUT2D eigenvalue weighted by atomic mass is 9.96. The summed E-state index contributed by atoms with van der Waals surface area (Å²) < 4.78 is 5.26. The number of carboxylic acids is 1. The highest BCUT2D eigenvalue weighted by Crippen LogP contribution is 2.20. The fourth-order valence-electron chi connectivity index (χ4n) is 2.14. The monoisotopic (exact) mass is 306 g/mol. The van der Waals surface area contributed by atoms with Gasteiger partial charge >= 0.3 is 11.9 Å². The van der Waals surface area contributed by atoms with Crippen molar-refractivity contribution in [3.8, 4) is 0 Å². The number of ether oxygens (including phenoxy) is 1. The number of hydrogen-bond donors (Lipinski definition) is 1. The summed E-state index contributed by atoms with van der Waals surface area (Å²) in [4.78, 5) is 23.0. The number of hydrogen-bond acceptors (Lipinski definition) is 3. The molecule has 1 aromatic rings. The first-order valence-electron chi connectivity index (χ1n) is 7.74. The van der Waals surface area contributed by atoms with Crippen LogP contribution in [0.5, 0.6) is 0 Å². The fraction of sp³-hybridized carbons (Fsp3) is 0.556. The lowest BCUT2D eigenvalue weighted by molar-refractivity contribution is -0.157. The highest BCUT2D eigenvalue weighted by Gasteiger charge is 2.25. The molecule has 0 fully saturated rings. The third-order valence-corrected chi connectivity index (χ3v) is 3.87. The van der Waals surface area contributed by atoms with Gasteiger partial charge in [-0.2, -0.15) is 0 Å². The first-order chi connectivity index (χ1) is 10.2. The van der Waals surface area contributed by atoms with E-state index in [9.17, 15) is 9.59 Å². The van der Waals surface area contributed by atoms with E-state index in [4.69, 9.17) is 9.84 Å². The van der Waals surface area contributed by atoms with Crippen LogP contribution in [-0.4, -0.2) is 23.1 Å². The van der Waals surface area contributed by atoms with Crippen LogP contribution in [0.2, 0.25) is 0 Å². The van der Waals surface area contributed by atoms with Gasteiger partial charge in [0.05, 0.1) is 11.8 Å². The minimum absolute atomic E-state index is 0.391. The van der Waals surface area contributed by atoms with Gasteiger partial charge in [0.1, 0.15) is 6.10 Å². The maximum atomic E-state index is 12.1. The molecule has 1 aromatic carbocycles. The zero-order valence-corrected chi connectivity index (χ0v) is 14.0. The van der Waals surface area contributed by atoms with E-state index in [0.717, 1.165) is 12.0 Å². The van der Waals surface area contributed by atoms with Gasteiger partial charge in [-0.15, -0.1) is 0 Å². The van der Waals surface area contributed by atoms with Gasteiger partial charge in [0, 0.05) is 0 Å². The minimum atomic E-state index is -0.967. The molecule has 4 heteroatoms. The van der Waals surface area contributed by atoms with Crippen LogP contribution in [-0.2, 0) is 20.7 Å². The Morgan fingerprint density at radius 2 is 1.59 bits per heavy atom. The van der Waals surface area contributed by atoms with Gasteiger partial charge in [-0.25, -0.2) is 0 Å². The first kappa shape index (κ1) is 18.2. The molecule has 0 aliphatic carbocycles. The molecule has 0 amide bonds. The Labute approximate surface area is 132 Å². The molecule has 0 bridgehead atoms. The van der Waals surface area contributed by atoms with Crippen LogP contribution in [0.3, 0.4) is 0 Å². The SMILES string of the molecule is CC(C)Cc1ccc([C@H](C)C(=O)O[C@H](C)[C@H](C)C(=O)O)cc1. The summed E-state index contributed by atoms with van der Waals surface area (Å²) in [6.45, 7) is 9.25. The van der Waals surface area contributed by atoms with E-state index >= 15 is 0 Å². The predicted molar refractivity (Wildman–Crippen MR) is 85.8 cm³/mol. The molecule has 0 radical (unpaired) electrons. The number of carboxylic acid groups (broad SMARTS) is 1. The smallest absolute Gasteiger partial charge is 0.313 e. The predicted octanol–water partition coefficient (Wildman–Crippen LogP) is 3.64. The molecule has 1 N–H and O–H groups in total. The maximum Gasteiger partial charge on any atom is 0.313 e. The van der Waals surface area contributed by atoms with Crippen molar-refractivity contribution in [1.29, 1.82) is 0 Å². The number of rotatable bonds is 7. The second-order valence-corrected chi connectivity index (χ2v) is 6.33. The van der Waals surface area contributed by atoms with Crippen molar-refractivity contribution in [2.24, 2.45) is 11.8 Å². The van der Waals surface area contributed by atoms with Gasteiger partial charge in [-0.1, -0.05) is 38.1 Å². The number of aliphatic carboxylic acids is 1. The molecule has 1 rings (SSSR count). The van der Waals surface area contributed by atoms with Crippen molar-refractivity contribution in [2.75, 3.05) is 0 Å². The van der Waals surface area contributed by atoms with Gasteiger partial charge in [0.25, 0.3) is 0 Å². The normalized spacial score (nSPS) is 15.2. The molecule has 0 unspecified atom stereocenters. The molecule has 4 nitrogen and oxygen atoms in total. The van der Waals surface area contributed by atoms with Crippen molar-refractivity contribution in [2.45, 2.75) is 53.1 Å². The van der Waals surface area contributed by atoms with Crippen LogP contribution in [0.25, 0.3) is 0 Å². The Morgan fingerprint density at radius 3 is 2.05 bits per heavy atom.